The van der Waals surface area contributed by atoms with Crippen molar-refractivity contribution in [1.82, 2.24) is 4.98 Å². The van der Waals surface area contributed by atoms with Crippen molar-refractivity contribution in [2.24, 2.45) is 0 Å². The van der Waals surface area contributed by atoms with Gasteiger partial charge in [0, 0.05) is 6.20 Å². The molecule has 0 aliphatic carbocycles. The Hall–Kier alpha value is -1.65. The van der Waals surface area contributed by atoms with Crippen molar-refractivity contribution < 1.29 is 5.03 Å². The molecule has 0 bridgehead atoms. The van der Waals surface area contributed by atoms with Crippen LogP contribution in [-0.2, 0) is 0 Å². The van der Waals surface area contributed by atoms with Crippen LogP contribution in [0.15, 0.2) is 18.3 Å². The summed E-state index contributed by atoms with van der Waals surface area (Å²) in [6, 6.07) is 3.44. The minimum absolute atomic E-state index is 0.347. The molecular weight excluding hydrogens is 158 g/mol. The van der Waals surface area contributed by atoms with Crippen LogP contribution in [-0.4, -0.2) is 17.1 Å². The molecule has 0 atom stereocenters. The van der Waals surface area contributed by atoms with Crippen LogP contribution in [0.5, 0.6) is 0 Å². The van der Waals surface area contributed by atoms with Crippen molar-refractivity contribution in [3.8, 4) is 0 Å². The predicted octanol–water partition coefficient (Wildman–Crippen LogP) is 1.02. The van der Waals surface area contributed by atoms with E-state index in [9.17, 15) is 10.1 Å². The predicted molar refractivity (Wildman–Crippen MR) is 44.4 cm³/mol. The normalized spacial score (nSPS) is 9.50. The van der Waals surface area contributed by atoms with E-state index in [-0.39, 0.29) is 0 Å². The Labute approximate surface area is 69.8 Å². The molecule has 0 amide bonds. The SMILES string of the molecule is Cc1ccnc(N(C)[N+](=O)[O-])c1. The second kappa shape index (κ2) is 3.17. The minimum Gasteiger partial charge on any atom is -0.234 e. The average Bonchev–Trinajstić information content (AvgIpc) is 2.03. The summed E-state index contributed by atoms with van der Waals surface area (Å²) in [5, 5.41) is 10.7. The zero-order chi connectivity index (χ0) is 9.14. The van der Waals surface area contributed by atoms with E-state index in [0.717, 1.165) is 10.6 Å². The molecule has 12 heavy (non-hydrogen) atoms. The highest BCUT2D eigenvalue weighted by molar-refractivity contribution is 5.36. The van der Waals surface area contributed by atoms with Gasteiger partial charge in [0.1, 0.15) is 0 Å². The average molecular weight is 167 g/mol. The second-order valence-electron chi connectivity index (χ2n) is 2.45. The standard InChI is InChI=1S/C7H9N3O2/c1-6-3-4-8-7(5-6)9(2)10(11)12/h3-5H,1-2H3. The fraction of sp³-hybridized carbons (Fsp3) is 0.286. The van der Waals surface area contributed by atoms with Gasteiger partial charge in [0.2, 0.25) is 0 Å². The van der Waals surface area contributed by atoms with Crippen LogP contribution in [0.25, 0.3) is 0 Å². The van der Waals surface area contributed by atoms with Crippen molar-refractivity contribution in [3.05, 3.63) is 34.0 Å². The van der Waals surface area contributed by atoms with Crippen molar-refractivity contribution in [2.45, 2.75) is 6.92 Å². The summed E-state index contributed by atoms with van der Waals surface area (Å²) in [6.45, 7) is 1.86. The van der Waals surface area contributed by atoms with E-state index in [1.807, 2.05) is 6.92 Å². The number of nitro groups is 1. The van der Waals surface area contributed by atoms with Crippen molar-refractivity contribution in [1.29, 1.82) is 0 Å². The number of hydrazine groups is 1. The largest absolute Gasteiger partial charge is 0.234 e. The van der Waals surface area contributed by atoms with Crippen LogP contribution in [0.1, 0.15) is 5.56 Å². The van der Waals surface area contributed by atoms with Gasteiger partial charge in [0.15, 0.2) is 10.9 Å². The van der Waals surface area contributed by atoms with E-state index < -0.39 is 5.03 Å². The number of anilines is 1. The van der Waals surface area contributed by atoms with Gasteiger partial charge in [-0.1, -0.05) is 5.01 Å². The molecule has 64 valence electrons. The maximum Gasteiger partial charge on any atom is 0.193 e. The highest BCUT2D eigenvalue weighted by atomic mass is 16.7. The molecule has 0 aliphatic rings. The minimum atomic E-state index is -0.512. The smallest absolute Gasteiger partial charge is 0.193 e. The molecule has 0 radical (unpaired) electrons. The summed E-state index contributed by atoms with van der Waals surface area (Å²) < 4.78 is 0. The Morgan fingerprint density at radius 2 is 2.33 bits per heavy atom. The van der Waals surface area contributed by atoms with Gasteiger partial charge in [-0.25, -0.2) is 15.1 Å². The Balaban J connectivity index is 2.95. The van der Waals surface area contributed by atoms with E-state index in [2.05, 4.69) is 4.98 Å². The van der Waals surface area contributed by atoms with Crippen molar-refractivity contribution >= 4 is 5.82 Å². The third kappa shape index (κ3) is 1.69. The van der Waals surface area contributed by atoms with Crippen LogP contribution >= 0.6 is 0 Å². The van der Waals surface area contributed by atoms with Gasteiger partial charge < -0.3 is 0 Å². The van der Waals surface area contributed by atoms with Gasteiger partial charge >= 0.3 is 0 Å². The number of hydrogen-bond donors (Lipinski definition) is 0. The molecule has 0 aliphatic heterocycles. The number of hydrogen-bond acceptors (Lipinski definition) is 3. The molecule has 0 N–H and O–H groups in total. The second-order valence-corrected chi connectivity index (χ2v) is 2.45. The first-order valence-corrected chi connectivity index (χ1v) is 3.42. The monoisotopic (exact) mass is 167 g/mol. The quantitative estimate of drug-likeness (QED) is 0.487. The Morgan fingerprint density at radius 1 is 1.67 bits per heavy atom. The lowest BCUT2D eigenvalue weighted by atomic mass is 10.3. The van der Waals surface area contributed by atoms with E-state index in [4.69, 9.17) is 0 Å². The van der Waals surface area contributed by atoms with E-state index in [1.165, 1.54) is 7.05 Å². The van der Waals surface area contributed by atoms with E-state index >= 15 is 0 Å². The molecule has 0 unspecified atom stereocenters. The lowest BCUT2D eigenvalue weighted by molar-refractivity contribution is -0.490. The van der Waals surface area contributed by atoms with Crippen LogP contribution in [0.2, 0.25) is 0 Å². The molecule has 5 heteroatoms. The topological polar surface area (TPSA) is 59.3 Å². The maximum atomic E-state index is 10.3. The van der Waals surface area contributed by atoms with Gasteiger partial charge in [0.25, 0.3) is 0 Å². The number of aryl methyl sites for hydroxylation is 1. The first kappa shape index (κ1) is 8.45. The summed E-state index contributed by atoms with van der Waals surface area (Å²) >= 11 is 0. The van der Waals surface area contributed by atoms with Crippen LogP contribution < -0.4 is 5.01 Å². The third-order valence-electron chi connectivity index (χ3n) is 1.48. The molecule has 0 aromatic carbocycles. The van der Waals surface area contributed by atoms with Crippen LogP contribution in [0.4, 0.5) is 5.82 Å². The van der Waals surface area contributed by atoms with E-state index in [1.54, 1.807) is 18.3 Å². The molecule has 1 aromatic heterocycles. The Bertz CT molecular complexity index is 300. The maximum absolute atomic E-state index is 10.3. The molecule has 5 nitrogen and oxygen atoms in total. The molecular formula is C7H9N3O2. The summed E-state index contributed by atoms with van der Waals surface area (Å²) in [4.78, 5) is 14.1. The van der Waals surface area contributed by atoms with Crippen LogP contribution in [0, 0.1) is 17.0 Å². The fourth-order valence-electron chi connectivity index (χ4n) is 0.781. The highest BCUT2D eigenvalue weighted by Gasteiger charge is 2.10. The zero-order valence-electron chi connectivity index (χ0n) is 6.89. The number of nitrogens with zero attached hydrogens (tertiary/aromatic N) is 3. The zero-order valence-corrected chi connectivity index (χ0v) is 6.89. The molecule has 0 saturated heterocycles. The molecule has 0 saturated carbocycles. The first-order valence-electron chi connectivity index (χ1n) is 3.42. The van der Waals surface area contributed by atoms with Gasteiger partial charge in [-0.15, -0.1) is 0 Å². The summed E-state index contributed by atoms with van der Waals surface area (Å²) in [5.41, 5.74) is 0.953. The summed E-state index contributed by atoms with van der Waals surface area (Å²) in [5.74, 6) is 0.347. The van der Waals surface area contributed by atoms with E-state index in [0.29, 0.717) is 5.82 Å². The third-order valence-corrected chi connectivity index (χ3v) is 1.48. The molecule has 0 fully saturated rings. The van der Waals surface area contributed by atoms with Gasteiger partial charge in [-0.05, 0) is 24.6 Å². The fourth-order valence-corrected chi connectivity index (χ4v) is 0.781. The lowest BCUT2D eigenvalue weighted by Gasteiger charge is -2.06. The van der Waals surface area contributed by atoms with Crippen molar-refractivity contribution in [2.75, 3.05) is 12.1 Å². The molecule has 1 heterocycles. The first-order chi connectivity index (χ1) is 5.61. The van der Waals surface area contributed by atoms with Gasteiger partial charge in [-0.2, -0.15) is 0 Å². The Morgan fingerprint density at radius 3 is 2.83 bits per heavy atom. The lowest BCUT2D eigenvalue weighted by Crippen LogP contribution is -2.25. The number of rotatable bonds is 2. The van der Waals surface area contributed by atoms with Gasteiger partial charge in [0.05, 0.1) is 7.05 Å². The van der Waals surface area contributed by atoms with Crippen LogP contribution in [0.3, 0.4) is 0 Å². The number of pyridine rings is 1. The molecule has 1 rings (SSSR count). The summed E-state index contributed by atoms with van der Waals surface area (Å²) in [6.07, 6.45) is 1.55. The number of aromatic nitrogens is 1. The van der Waals surface area contributed by atoms with Crippen molar-refractivity contribution in [3.63, 3.8) is 0 Å². The molecule has 0 spiro atoms. The Kier molecular flexibility index (Phi) is 2.23. The molecule has 1 aromatic rings. The highest BCUT2D eigenvalue weighted by Crippen LogP contribution is 2.09. The summed E-state index contributed by atoms with van der Waals surface area (Å²) in [7, 11) is 1.36. The van der Waals surface area contributed by atoms with Gasteiger partial charge in [-0.3, -0.25) is 0 Å².